The van der Waals surface area contributed by atoms with Crippen LogP contribution in [-0.2, 0) is 9.59 Å². The Bertz CT molecular complexity index is 777. The molecule has 2 aromatic carbocycles. The predicted octanol–water partition coefficient (Wildman–Crippen LogP) is 0.778. The first kappa shape index (κ1) is 17.9. The second-order valence-corrected chi connectivity index (χ2v) is 6.74. The number of quaternary nitrogens is 1. The van der Waals surface area contributed by atoms with Crippen LogP contribution in [0.2, 0.25) is 0 Å². The molecule has 0 saturated carbocycles. The molecule has 1 aliphatic rings. The third-order valence-electron chi connectivity index (χ3n) is 4.23. The van der Waals surface area contributed by atoms with Crippen LogP contribution in [0.25, 0.3) is 0 Å². The molecule has 2 aromatic rings. The zero-order valence-electron chi connectivity index (χ0n) is 15.0. The summed E-state index contributed by atoms with van der Waals surface area (Å²) in [6, 6.07) is 16.9. The van der Waals surface area contributed by atoms with Gasteiger partial charge >= 0.3 is 0 Å². The van der Waals surface area contributed by atoms with Crippen molar-refractivity contribution in [3.05, 3.63) is 60.2 Å². The van der Waals surface area contributed by atoms with Crippen LogP contribution in [0, 0.1) is 0 Å². The Morgan fingerprint density at radius 2 is 1.85 bits per heavy atom. The Labute approximate surface area is 153 Å². The molecule has 2 atom stereocenters. The fourth-order valence-electron chi connectivity index (χ4n) is 2.99. The molecule has 3 rings (SSSR count). The van der Waals surface area contributed by atoms with Crippen molar-refractivity contribution in [2.45, 2.75) is 18.6 Å². The number of fused-ring (bicyclic) bond motifs is 1. The van der Waals surface area contributed by atoms with Crippen molar-refractivity contribution < 1.29 is 19.2 Å². The molecule has 0 bridgehead atoms. The number of anilines is 1. The molecule has 0 saturated heterocycles. The molecule has 6 nitrogen and oxygen atoms in total. The molecule has 0 aliphatic carbocycles. The van der Waals surface area contributed by atoms with Crippen LogP contribution in [0.3, 0.4) is 0 Å². The van der Waals surface area contributed by atoms with E-state index in [-0.39, 0.29) is 24.3 Å². The normalized spacial score (nSPS) is 17.0. The highest BCUT2D eigenvalue weighted by atomic mass is 16.5. The summed E-state index contributed by atoms with van der Waals surface area (Å²) in [5, 5.41) is 5.82. The van der Waals surface area contributed by atoms with E-state index in [1.165, 1.54) is 4.90 Å². The molecular weight excluding hydrogens is 330 g/mol. The molecule has 1 heterocycles. The van der Waals surface area contributed by atoms with Crippen molar-refractivity contribution >= 4 is 17.5 Å². The first-order valence-corrected chi connectivity index (χ1v) is 8.73. The first-order chi connectivity index (χ1) is 12.5. The summed E-state index contributed by atoms with van der Waals surface area (Å²) in [5.41, 5.74) is 1.67. The molecule has 0 radical (unpaired) electrons. The maximum Gasteiger partial charge on any atom is 0.266 e. The predicted molar refractivity (Wildman–Crippen MR) is 99.1 cm³/mol. The van der Waals surface area contributed by atoms with Gasteiger partial charge < -0.3 is 20.3 Å². The van der Waals surface area contributed by atoms with Gasteiger partial charge in [-0.2, -0.15) is 0 Å². The minimum Gasteiger partial charge on any atom is -0.478 e. The van der Waals surface area contributed by atoms with Crippen molar-refractivity contribution in [3.63, 3.8) is 0 Å². The number of carbonyl (C=O) groups excluding carboxylic acids is 2. The van der Waals surface area contributed by atoms with Crippen LogP contribution >= 0.6 is 0 Å². The number of hydrogen-bond donors (Lipinski definition) is 3. The van der Waals surface area contributed by atoms with E-state index < -0.39 is 6.10 Å². The second kappa shape index (κ2) is 8.01. The highest BCUT2D eigenvalue weighted by Gasteiger charge is 2.30. The van der Waals surface area contributed by atoms with Gasteiger partial charge in [0.15, 0.2) is 6.10 Å². The molecule has 0 spiro atoms. The summed E-state index contributed by atoms with van der Waals surface area (Å²) in [6.45, 7) is 0.746. The van der Waals surface area contributed by atoms with Gasteiger partial charge in [-0.25, -0.2) is 0 Å². The average Bonchev–Trinajstić information content (AvgIpc) is 2.62. The van der Waals surface area contributed by atoms with E-state index in [1.54, 1.807) is 12.1 Å². The Kier molecular flexibility index (Phi) is 5.53. The summed E-state index contributed by atoms with van der Waals surface area (Å²) in [4.78, 5) is 26.0. The second-order valence-electron chi connectivity index (χ2n) is 6.74. The van der Waals surface area contributed by atoms with Gasteiger partial charge in [0.1, 0.15) is 18.3 Å². The monoisotopic (exact) mass is 354 g/mol. The van der Waals surface area contributed by atoms with E-state index in [9.17, 15) is 9.59 Å². The Morgan fingerprint density at radius 3 is 2.58 bits per heavy atom. The number of nitrogens with one attached hydrogen (secondary N) is 3. The number of para-hydroxylation sites is 2. The van der Waals surface area contributed by atoms with Crippen LogP contribution in [0.15, 0.2) is 54.6 Å². The third-order valence-corrected chi connectivity index (χ3v) is 4.23. The van der Waals surface area contributed by atoms with E-state index in [0.29, 0.717) is 11.4 Å². The fraction of sp³-hybridized carbons (Fsp3) is 0.300. The molecule has 3 N–H and O–H groups in total. The van der Waals surface area contributed by atoms with Crippen molar-refractivity contribution in [2.75, 3.05) is 26.0 Å². The van der Waals surface area contributed by atoms with Gasteiger partial charge in [0.05, 0.1) is 26.2 Å². The fourth-order valence-corrected chi connectivity index (χ4v) is 2.99. The number of carbonyl (C=O) groups is 2. The summed E-state index contributed by atoms with van der Waals surface area (Å²) in [5.74, 6) is 0.0789. The van der Waals surface area contributed by atoms with Crippen LogP contribution in [0.5, 0.6) is 5.75 Å². The molecule has 136 valence electrons. The Balaban J connectivity index is 1.66. The molecule has 0 unspecified atom stereocenters. The lowest BCUT2D eigenvalue weighted by molar-refractivity contribution is -0.860. The first-order valence-electron chi connectivity index (χ1n) is 8.73. The van der Waals surface area contributed by atoms with Crippen molar-refractivity contribution in [3.8, 4) is 5.75 Å². The number of likely N-dealkylation sites (N-methyl/N-ethyl adjacent to an activating group) is 1. The van der Waals surface area contributed by atoms with Gasteiger partial charge in [0.2, 0.25) is 5.91 Å². The standard InChI is InChI=1S/C20H23N3O3/c1-23(2)13-16(14-8-4-3-5-9-14)21-19(24)12-18-20(25)22-15-10-6-7-11-17(15)26-18/h3-11,16,18H,12-13H2,1-2H3,(H,21,24)(H,22,25)/p+1/t16-,18-/m0/s1. The molecule has 26 heavy (non-hydrogen) atoms. The van der Waals surface area contributed by atoms with Gasteiger partial charge in [-0.05, 0) is 17.7 Å². The molecule has 0 fully saturated rings. The molecule has 6 heteroatoms. The van der Waals surface area contributed by atoms with Gasteiger partial charge in [-0.1, -0.05) is 42.5 Å². The van der Waals surface area contributed by atoms with Crippen LogP contribution < -0.4 is 20.3 Å². The van der Waals surface area contributed by atoms with Crippen molar-refractivity contribution in [1.29, 1.82) is 0 Å². The van der Waals surface area contributed by atoms with E-state index in [0.717, 1.165) is 12.1 Å². The van der Waals surface area contributed by atoms with Crippen LogP contribution in [0.4, 0.5) is 5.69 Å². The molecule has 0 aromatic heterocycles. The minimum absolute atomic E-state index is 0.0216. The summed E-state index contributed by atoms with van der Waals surface area (Å²) in [7, 11) is 4.08. The third kappa shape index (κ3) is 4.40. The average molecular weight is 354 g/mol. The maximum absolute atomic E-state index is 12.6. The van der Waals surface area contributed by atoms with E-state index in [4.69, 9.17) is 4.74 Å². The zero-order chi connectivity index (χ0) is 18.5. The zero-order valence-corrected chi connectivity index (χ0v) is 15.0. The SMILES string of the molecule is C[NH+](C)C[C@H](NC(=O)C[C@@H]1Oc2ccccc2NC1=O)c1ccccc1. The molecule has 2 amide bonds. The lowest BCUT2D eigenvalue weighted by Gasteiger charge is -2.26. The lowest BCUT2D eigenvalue weighted by atomic mass is 10.1. The number of rotatable bonds is 6. The minimum atomic E-state index is -0.826. The molecule has 1 aliphatic heterocycles. The number of amides is 2. The highest BCUT2D eigenvalue weighted by molar-refractivity contribution is 5.99. The van der Waals surface area contributed by atoms with Crippen molar-refractivity contribution in [2.24, 2.45) is 0 Å². The number of hydrogen-bond acceptors (Lipinski definition) is 3. The number of benzene rings is 2. The Morgan fingerprint density at radius 1 is 1.15 bits per heavy atom. The van der Waals surface area contributed by atoms with E-state index in [1.807, 2.05) is 56.6 Å². The van der Waals surface area contributed by atoms with Crippen LogP contribution in [0.1, 0.15) is 18.0 Å². The lowest BCUT2D eigenvalue weighted by Crippen LogP contribution is -3.06. The summed E-state index contributed by atoms with van der Waals surface area (Å²) in [6.07, 6.45) is -0.847. The van der Waals surface area contributed by atoms with Gasteiger partial charge in [-0.3, -0.25) is 9.59 Å². The summed E-state index contributed by atoms with van der Waals surface area (Å²) >= 11 is 0. The van der Waals surface area contributed by atoms with Crippen molar-refractivity contribution in [1.82, 2.24) is 5.32 Å². The van der Waals surface area contributed by atoms with Gasteiger partial charge in [0, 0.05) is 0 Å². The molecular formula is C20H24N3O3+. The van der Waals surface area contributed by atoms with E-state index in [2.05, 4.69) is 10.6 Å². The smallest absolute Gasteiger partial charge is 0.266 e. The number of ether oxygens (including phenoxy) is 1. The van der Waals surface area contributed by atoms with Gasteiger partial charge in [-0.15, -0.1) is 0 Å². The van der Waals surface area contributed by atoms with Crippen LogP contribution in [-0.4, -0.2) is 38.6 Å². The van der Waals surface area contributed by atoms with Gasteiger partial charge in [0.25, 0.3) is 5.91 Å². The quantitative estimate of drug-likeness (QED) is 0.718. The highest BCUT2D eigenvalue weighted by Crippen LogP contribution is 2.29. The largest absolute Gasteiger partial charge is 0.478 e. The summed E-state index contributed by atoms with van der Waals surface area (Å²) < 4.78 is 5.71. The Hall–Kier alpha value is -2.86. The topological polar surface area (TPSA) is 71.9 Å². The van der Waals surface area contributed by atoms with E-state index >= 15 is 0 Å². The maximum atomic E-state index is 12.6.